The molecule has 0 unspecified atom stereocenters. The molecule has 0 bridgehead atoms. The minimum Gasteiger partial charge on any atom is -0.466 e. The first kappa shape index (κ1) is 11.8. The van der Waals surface area contributed by atoms with E-state index in [0.717, 1.165) is 6.42 Å². The Kier molecular flexibility index (Phi) is 4.91. The summed E-state index contributed by atoms with van der Waals surface area (Å²) in [5, 5.41) is 0. The van der Waals surface area contributed by atoms with E-state index >= 15 is 0 Å². The molecule has 0 aromatic heterocycles. The van der Waals surface area contributed by atoms with Crippen LogP contribution < -0.4 is 0 Å². The fourth-order valence-electron chi connectivity index (χ4n) is 0.891. The Hall–Kier alpha value is -1.23. The van der Waals surface area contributed by atoms with Gasteiger partial charge < -0.3 is 4.74 Å². The lowest BCUT2D eigenvalue weighted by Gasteiger charge is -2.18. The van der Waals surface area contributed by atoms with Crippen molar-refractivity contribution >= 4 is 5.97 Å². The average Bonchev–Trinajstić information content (AvgIpc) is 2.03. The molecule has 0 rings (SSSR count). The second-order valence-electron chi connectivity index (χ2n) is 3.67. The van der Waals surface area contributed by atoms with Gasteiger partial charge in [0.15, 0.2) is 0 Å². The standard InChI is InChI=1S/C11H16O2/c1-5-8-11(2,3)9-6-7-10(12)13-4/h1,6-7H,8-9H2,2-4H3. The van der Waals surface area contributed by atoms with Crippen LogP contribution in [-0.4, -0.2) is 13.1 Å². The normalized spacial score (nSPS) is 11.2. The minimum atomic E-state index is -0.323. The van der Waals surface area contributed by atoms with E-state index in [9.17, 15) is 4.79 Å². The van der Waals surface area contributed by atoms with E-state index in [1.807, 2.05) is 0 Å². The van der Waals surface area contributed by atoms with Crippen LogP contribution in [0.15, 0.2) is 12.2 Å². The Morgan fingerprint density at radius 2 is 2.23 bits per heavy atom. The van der Waals surface area contributed by atoms with Crippen LogP contribution in [0.4, 0.5) is 0 Å². The fraction of sp³-hybridized carbons (Fsp3) is 0.545. The largest absolute Gasteiger partial charge is 0.466 e. The highest BCUT2D eigenvalue weighted by Crippen LogP contribution is 2.24. The van der Waals surface area contributed by atoms with E-state index in [4.69, 9.17) is 6.42 Å². The van der Waals surface area contributed by atoms with Crippen LogP contribution in [0.25, 0.3) is 0 Å². The molecule has 2 heteroatoms. The summed E-state index contributed by atoms with van der Waals surface area (Å²) >= 11 is 0. The van der Waals surface area contributed by atoms with Crippen molar-refractivity contribution in [3.8, 4) is 12.3 Å². The van der Waals surface area contributed by atoms with Gasteiger partial charge in [-0.1, -0.05) is 19.9 Å². The Bertz CT molecular complexity index is 231. The summed E-state index contributed by atoms with van der Waals surface area (Å²) in [4.78, 5) is 10.7. The SMILES string of the molecule is C#CCC(C)(C)CC=CC(=O)OC. The molecule has 72 valence electrons. The fourth-order valence-corrected chi connectivity index (χ4v) is 0.891. The molecular weight excluding hydrogens is 164 g/mol. The van der Waals surface area contributed by atoms with E-state index < -0.39 is 0 Å². The van der Waals surface area contributed by atoms with Crippen molar-refractivity contribution in [2.24, 2.45) is 5.41 Å². The molecule has 13 heavy (non-hydrogen) atoms. The maximum Gasteiger partial charge on any atom is 0.330 e. The first-order valence-electron chi connectivity index (χ1n) is 4.20. The Balaban J connectivity index is 3.94. The maximum atomic E-state index is 10.7. The summed E-state index contributed by atoms with van der Waals surface area (Å²) in [7, 11) is 1.36. The van der Waals surface area contributed by atoms with Crippen molar-refractivity contribution in [2.45, 2.75) is 26.7 Å². The highest BCUT2D eigenvalue weighted by atomic mass is 16.5. The molecule has 0 aromatic rings. The number of esters is 1. The number of ether oxygens (including phenoxy) is 1. The van der Waals surface area contributed by atoms with Crippen molar-refractivity contribution in [3.05, 3.63) is 12.2 Å². The number of methoxy groups -OCH3 is 1. The lowest BCUT2D eigenvalue weighted by Crippen LogP contribution is -2.08. The molecule has 0 aliphatic rings. The minimum absolute atomic E-state index is 0.0548. The molecule has 0 fully saturated rings. The van der Waals surface area contributed by atoms with Crippen LogP contribution in [0.5, 0.6) is 0 Å². The third-order valence-electron chi connectivity index (χ3n) is 1.71. The molecule has 0 N–H and O–H groups in total. The van der Waals surface area contributed by atoms with Gasteiger partial charge in [0.05, 0.1) is 7.11 Å². The summed E-state index contributed by atoms with van der Waals surface area (Å²) in [6.07, 6.45) is 9.92. The number of allylic oxidation sites excluding steroid dienone is 1. The van der Waals surface area contributed by atoms with Crippen LogP contribution in [0, 0.1) is 17.8 Å². The summed E-state index contributed by atoms with van der Waals surface area (Å²) in [5.74, 6) is 2.29. The van der Waals surface area contributed by atoms with Gasteiger partial charge in [0, 0.05) is 12.5 Å². The summed E-state index contributed by atoms with van der Waals surface area (Å²) in [6, 6.07) is 0. The van der Waals surface area contributed by atoms with Crippen molar-refractivity contribution in [1.29, 1.82) is 0 Å². The number of hydrogen-bond donors (Lipinski definition) is 0. The molecule has 0 atom stereocenters. The first-order chi connectivity index (χ1) is 6.02. The quantitative estimate of drug-likeness (QED) is 0.376. The molecular formula is C11H16O2. The number of carbonyl (C=O) groups is 1. The number of rotatable bonds is 4. The predicted molar refractivity (Wildman–Crippen MR) is 53.0 cm³/mol. The van der Waals surface area contributed by atoms with E-state index in [-0.39, 0.29) is 11.4 Å². The topological polar surface area (TPSA) is 26.3 Å². The van der Waals surface area contributed by atoms with Crippen molar-refractivity contribution in [3.63, 3.8) is 0 Å². The van der Waals surface area contributed by atoms with E-state index in [0.29, 0.717) is 6.42 Å². The van der Waals surface area contributed by atoms with Gasteiger partial charge in [0.1, 0.15) is 0 Å². The molecule has 0 saturated carbocycles. The molecule has 0 radical (unpaired) electrons. The Labute approximate surface area is 80.0 Å². The molecule has 0 saturated heterocycles. The van der Waals surface area contributed by atoms with Gasteiger partial charge in [0.25, 0.3) is 0 Å². The van der Waals surface area contributed by atoms with Crippen LogP contribution in [-0.2, 0) is 9.53 Å². The van der Waals surface area contributed by atoms with Crippen molar-refractivity contribution < 1.29 is 9.53 Å². The van der Waals surface area contributed by atoms with E-state index in [1.54, 1.807) is 6.08 Å². The van der Waals surface area contributed by atoms with Crippen molar-refractivity contribution in [1.82, 2.24) is 0 Å². The number of carbonyl (C=O) groups excluding carboxylic acids is 1. The smallest absolute Gasteiger partial charge is 0.330 e. The summed E-state index contributed by atoms with van der Waals surface area (Å²) in [5.41, 5.74) is 0.0548. The number of hydrogen-bond acceptors (Lipinski definition) is 2. The first-order valence-corrected chi connectivity index (χ1v) is 4.20. The average molecular weight is 180 g/mol. The van der Waals surface area contributed by atoms with Crippen LogP contribution in [0.1, 0.15) is 26.7 Å². The third kappa shape index (κ3) is 5.98. The van der Waals surface area contributed by atoms with E-state index in [1.165, 1.54) is 13.2 Å². The molecule has 0 heterocycles. The van der Waals surface area contributed by atoms with Gasteiger partial charge in [0.2, 0.25) is 0 Å². The predicted octanol–water partition coefficient (Wildman–Crippen LogP) is 2.16. The van der Waals surface area contributed by atoms with Crippen LogP contribution in [0.3, 0.4) is 0 Å². The molecule has 2 nitrogen and oxygen atoms in total. The van der Waals surface area contributed by atoms with Gasteiger partial charge in [-0.2, -0.15) is 0 Å². The summed E-state index contributed by atoms with van der Waals surface area (Å²) < 4.78 is 4.46. The lowest BCUT2D eigenvalue weighted by molar-refractivity contribution is -0.134. The highest BCUT2D eigenvalue weighted by molar-refractivity contribution is 5.81. The zero-order valence-corrected chi connectivity index (χ0v) is 8.46. The monoisotopic (exact) mass is 180 g/mol. The third-order valence-corrected chi connectivity index (χ3v) is 1.71. The van der Waals surface area contributed by atoms with Gasteiger partial charge in [-0.3, -0.25) is 0 Å². The van der Waals surface area contributed by atoms with Gasteiger partial charge in [-0.15, -0.1) is 12.3 Å². The van der Waals surface area contributed by atoms with Crippen molar-refractivity contribution in [2.75, 3.05) is 7.11 Å². The summed E-state index contributed by atoms with van der Waals surface area (Å²) in [6.45, 7) is 4.13. The lowest BCUT2D eigenvalue weighted by atomic mass is 9.86. The molecule has 0 spiro atoms. The Morgan fingerprint density at radius 1 is 1.62 bits per heavy atom. The Morgan fingerprint density at radius 3 is 2.69 bits per heavy atom. The van der Waals surface area contributed by atoms with Gasteiger partial charge in [-0.05, 0) is 11.8 Å². The molecule has 0 aliphatic carbocycles. The maximum absolute atomic E-state index is 10.7. The van der Waals surface area contributed by atoms with Gasteiger partial charge >= 0.3 is 5.97 Å². The molecule has 0 amide bonds. The zero-order valence-electron chi connectivity index (χ0n) is 8.46. The van der Waals surface area contributed by atoms with Crippen LogP contribution >= 0.6 is 0 Å². The van der Waals surface area contributed by atoms with E-state index in [2.05, 4.69) is 24.5 Å². The molecule has 0 aliphatic heterocycles. The molecule has 0 aromatic carbocycles. The van der Waals surface area contributed by atoms with Crippen LogP contribution in [0.2, 0.25) is 0 Å². The van der Waals surface area contributed by atoms with Gasteiger partial charge in [-0.25, -0.2) is 4.79 Å². The number of terminal acetylenes is 1. The second-order valence-corrected chi connectivity index (χ2v) is 3.67. The highest BCUT2D eigenvalue weighted by Gasteiger charge is 2.13. The second kappa shape index (κ2) is 5.42. The zero-order chi connectivity index (χ0) is 10.3.